The van der Waals surface area contributed by atoms with Gasteiger partial charge in [-0.1, -0.05) is 18.2 Å². The Kier molecular flexibility index (Phi) is 7.25. The SMILES string of the molecule is COCc1ccc(C(=O)N2CCC[C@@H](c3cc(Nc4cccc(OC)c4)cc(C)n3)C2)cc1. The second-order valence-electron chi connectivity index (χ2n) is 8.50. The van der Waals surface area contributed by atoms with Crippen LogP contribution in [0.25, 0.3) is 0 Å². The molecule has 1 aliphatic heterocycles. The Morgan fingerprint density at radius 3 is 2.67 bits per heavy atom. The highest BCUT2D eigenvalue weighted by atomic mass is 16.5. The van der Waals surface area contributed by atoms with Crippen molar-refractivity contribution in [2.75, 3.05) is 32.6 Å². The normalized spacial score (nSPS) is 15.8. The van der Waals surface area contributed by atoms with Crippen LogP contribution in [0, 0.1) is 6.92 Å². The van der Waals surface area contributed by atoms with Gasteiger partial charge in [0, 0.05) is 60.5 Å². The van der Waals surface area contributed by atoms with Gasteiger partial charge in [-0.2, -0.15) is 0 Å². The molecule has 1 aliphatic rings. The minimum atomic E-state index is 0.0750. The number of carbonyl (C=O) groups excluding carboxylic acids is 1. The van der Waals surface area contributed by atoms with Gasteiger partial charge < -0.3 is 19.7 Å². The van der Waals surface area contributed by atoms with Crippen LogP contribution in [-0.4, -0.2) is 43.1 Å². The van der Waals surface area contributed by atoms with E-state index in [9.17, 15) is 4.79 Å². The molecule has 2 aromatic carbocycles. The number of pyridine rings is 1. The van der Waals surface area contributed by atoms with Gasteiger partial charge in [0.25, 0.3) is 5.91 Å². The van der Waals surface area contributed by atoms with Crippen LogP contribution in [0.4, 0.5) is 11.4 Å². The Bertz CT molecular complexity index is 1100. The van der Waals surface area contributed by atoms with Crippen LogP contribution in [0.1, 0.15) is 46.1 Å². The lowest BCUT2D eigenvalue weighted by Crippen LogP contribution is -2.39. The summed E-state index contributed by atoms with van der Waals surface area (Å²) < 4.78 is 10.5. The predicted octanol–water partition coefficient (Wildman–Crippen LogP) is 5.31. The molecule has 1 aromatic heterocycles. The molecule has 0 saturated carbocycles. The molecule has 6 nitrogen and oxygen atoms in total. The molecular weight excluding hydrogens is 414 g/mol. The lowest BCUT2D eigenvalue weighted by atomic mass is 9.93. The number of hydrogen-bond acceptors (Lipinski definition) is 5. The van der Waals surface area contributed by atoms with Crippen molar-refractivity contribution >= 4 is 17.3 Å². The summed E-state index contributed by atoms with van der Waals surface area (Å²) in [5.41, 5.74) is 5.70. The third kappa shape index (κ3) is 5.71. The maximum absolute atomic E-state index is 13.1. The Balaban J connectivity index is 1.48. The maximum atomic E-state index is 13.1. The molecular formula is C27H31N3O3. The highest BCUT2D eigenvalue weighted by Gasteiger charge is 2.26. The largest absolute Gasteiger partial charge is 0.497 e. The molecule has 1 amide bonds. The zero-order chi connectivity index (χ0) is 23.2. The number of nitrogens with zero attached hydrogens (tertiary/aromatic N) is 2. The van der Waals surface area contributed by atoms with E-state index in [2.05, 4.69) is 11.4 Å². The molecule has 33 heavy (non-hydrogen) atoms. The summed E-state index contributed by atoms with van der Waals surface area (Å²) >= 11 is 0. The number of carbonyl (C=O) groups is 1. The van der Waals surface area contributed by atoms with Gasteiger partial charge >= 0.3 is 0 Å². The smallest absolute Gasteiger partial charge is 0.253 e. The maximum Gasteiger partial charge on any atom is 0.253 e. The van der Waals surface area contributed by atoms with Crippen LogP contribution in [0.5, 0.6) is 5.75 Å². The lowest BCUT2D eigenvalue weighted by Gasteiger charge is -2.33. The molecule has 0 bridgehead atoms. The minimum Gasteiger partial charge on any atom is -0.497 e. The summed E-state index contributed by atoms with van der Waals surface area (Å²) in [6.45, 7) is 4.00. The fourth-order valence-electron chi connectivity index (χ4n) is 4.34. The van der Waals surface area contributed by atoms with Crippen molar-refractivity contribution in [2.24, 2.45) is 0 Å². The van der Waals surface area contributed by atoms with Crippen molar-refractivity contribution < 1.29 is 14.3 Å². The first-order valence-electron chi connectivity index (χ1n) is 11.3. The number of aryl methyl sites for hydroxylation is 1. The molecule has 0 spiro atoms. The number of anilines is 2. The molecule has 0 radical (unpaired) electrons. The molecule has 1 atom stereocenters. The first kappa shape index (κ1) is 22.8. The van der Waals surface area contributed by atoms with Gasteiger partial charge in [0.1, 0.15) is 5.75 Å². The summed E-state index contributed by atoms with van der Waals surface area (Å²) in [7, 11) is 3.34. The molecule has 0 aliphatic carbocycles. The van der Waals surface area contributed by atoms with E-state index in [4.69, 9.17) is 14.5 Å². The number of ether oxygens (including phenoxy) is 2. The number of methoxy groups -OCH3 is 2. The van der Waals surface area contributed by atoms with Gasteiger partial charge in [0.15, 0.2) is 0 Å². The zero-order valence-electron chi connectivity index (χ0n) is 19.5. The number of aromatic nitrogens is 1. The van der Waals surface area contributed by atoms with Crippen molar-refractivity contribution in [3.8, 4) is 5.75 Å². The number of rotatable bonds is 7. The van der Waals surface area contributed by atoms with E-state index < -0.39 is 0 Å². The van der Waals surface area contributed by atoms with E-state index in [0.29, 0.717) is 18.7 Å². The molecule has 6 heteroatoms. The number of likely N-dealkylation sites (tertiary alicyclic amines) is 1. The van der Waals surface area contributed by atoms with Crippen molar-refractivity contribution in [2.45, 2.75) is 32.3 Å². The molecule has 2 heterocycles. The Hall–Kier alpha value is -3.38. The van der Waals surface area contributed by atoms with E-state index in [1.807, 2.05) is 66.4 Å². The number of hydrogen-bond donors (Lipinski definition) is 1. The van der Waals surface area contributed by atoms with E-state index in [1.54, 1.807) is 14.2 Å². The topological polar surface area (TPSA) is 63.7 Å². The Morgan fingerprint density at radius 2 is 1.91 bits per heavy atom. The fraction of sp³-hybridized carbons (Fsp3) is 0.333. The van der Waals surface area contributed by atoms with Crippen LogP contribution < -0.4 is 10.1 Å². The van der Waals surface area contributed by atoms with Gasteiger partial charge in [-0.05, 0) is 61.7 Å². The molecule has 4 rings (SSSR count). The summed E-state index contributed by atoms with van der Waals surface area (Å²) in [5, 5.41) is 3.46. The van der Waals surface area contributed by atoms with Gasteiger partial charge in [0.2, 0.25) is 0 Å². The summed E-state index contributed by atoms with van der Waals surface area (Å²) in [4.78, 5) is 19.9. The highest BCUT2D eigenvalue weighted by Crippen LogP contribution is 2.30. The Morgan fingerprint density at radius 1 is 1.09 bits per heavy atom. The number of piperidine rings is 1. The number of nitrogens with one attached hydrogen (secondary N) is 1. The average Bonchev–Trinajstić information content (AvgIpc) is 2.84. The summed E-state index contributed by atoms with van der Waals surface area (Å²) in [6.07, 6.45) is 1.98. The zero-order valence-corrected chi connectivity index (χ0v) is 19.5. The third-order valence-corrected chi connectivity index (χ3v) is 5.97. The van der Waals surface area contributed by atoms with Crippen LogP contribution in [0.2, 0.25) is 0 Å². The molecule has 3 aromatic rings. The van der Waals surface area contributed by atoms with Gasteiger partial charge in [0.05, 0.1) is 13.7 Å². The van der Waals surface area contributed by atoms with E-state index in [0.717, 1.165) is 53.5 Å². The molecule has 0 unspecified atom stereocenters. The van der Waals surface area contributed by atoms with E-state index >= 15 is 0 Å². The molecule has 1 N–H and O–H groups in total. The molecule has 1 fully saturated rings. The van der Waals surface area contributed by atoms with Crippen LogP contribution in [0.3, 0.4) is 0 Å². The number of amides is 1. The second kappa shape index (κ2) is 10.5. The van der Waals surface area contributed by atoms with Gasteiger partial charge in [-0.3, -0.25) is 9.78 Å². The standard InChI is InChI=1S/C27H31N3O3/c1-19-14-24(29-23-7-4-8-25(15-23)33-3)16-26(28-19)22-6-5-13-30(17-22)27(31)21-11-9-20(10-12-21)18-32-2/h4,7-12,14-16,22H,5-6,13,17-18H2,1-3H3,(H,28,29)/t22-/m1/s1. The van der Waals surface area contributed by atoms with E-state index in [1.165, 1.54) is 0 Å². The average molecular weight is 446 g/mol. The summed E-state index contributed by atoms with van der Waals surface area (Å²) in [5.74, 6) is 1.09. The molecule has 172 valence electrons. The van der Waals surface area contributed by atoms with E-state index in [-0.39, 0.29) is 11.8 Å². The van der Waals surface area contributed by atoms with Crippen molar-refractivity contribution in [3.05, 3.63) is 83.2 Å². The first-order valence-corrected chi connectivity index (χ1v) is 11.3. The van der Waals surface area contributed by atoms with Crippen molar-refractivity contribution in [1.29, 1.82) is 0 Å². The lowest BCUT2D eigenvalue weighted by molar-refractivity contribution is 0.0706. The van der Waals surface area contributed by atoms with Gasteiger partial charge in [-0.15, -0.1) is 0 Å². The van der Waals surface area contributed by atoms with Crippen molar-refractivity contribution in [3.63, 3.8) is 0 Å². The van der Waals surface area contributed by atoms with Crippen LogP contribution in [-0.2, 0) is 11.3 Å². The highest BCUT2D eigenvalue weighted by molar-refractivity contribution is 5.94. The minimum absolute atomic E-state index is 0.0750. The number of benzene rings is 2. The van der Waals surface area contributed by atoms with Crippen LogP contribution in [0.15, 0.2) is 60.7 Å². The van der Waals surface area contributed by atoms with Crippen LogP contribution >= 0.6 is 0 Å². The second-order valence-corrected chi connectivity index (χ2v) is 8.50. The molecule has 1 saturated heterocycles. The van der Waals surface area contributed by atoms with Gasteiger partial charge in [-0.25, -0.2) is 0 Å². The first-order chi connectivity index (χ1) is 16.1. The Labute approximate surface area is 195 Å². The third-order valence-electron chi connectivity index (χ3n) is 5.97. The fourth-order valence-corrected chi connectivity index (χ4v) is 4.34. The monoisotopic (exact) mass is 445 g/mol. The van der Waals surface area contributed by atoms with Crippen molar-refractivity contribution in [1.82, 2.24) is 9.88 Å². The quantitative estimate of drug-likeness (QED) is 0.534. The predicted molar refractivity (Wildman–Crippen MR) is 130 cm³/mol. The summed E-state index contributed by atoms with van der Waals surface area (Å²) in [6, 6.07) is 19.7.